The van der Waals surface area contributed by atoms with Crippen molar-refractivity contribution in [1.82, 2.24) is 10.2 Å². The van der Waals surface area contributed by atoms with Crippen molar-refractivity contribution in [2.45, 2.75) is 22.5 Å². The minimum absolute atomic E-state index is 0.0414. The highest BCUT2D eigenvalue weighted by Gasteiger charge is 2.16. The van der Waals surface area contributed by atoms with E-state index in [2.05, 4.69) is 16.8 Å². The van der Waals surface area contributed by atoms with Crippen molar-refractivity contribution in [2.75, 3.05) is 11.5 Å². The first-order valence-electron chi connectivity index (χ1n) is 6.88. The normalized spacial score (nSPS) is 10.6. The van der Waals surface area contributed by atoms with Crippen LogP contribution in [0.25, 0.3) is 0 Å². The van der Waals surface area contributed by atoms with Crippen molar-refractivity contribution in [3.63, 3.8) is 0 Å². The van der Waals surface area contributed by atoms with Crippen LogP contribution >= 0.6 is 34.9 Å². The highest BCUT2D eigenvalue weighted by molar-refractivity contribution is 8.03. The summed E-state index contributed by atoms with van der Waals surface area (Å²) in [4.78, 5) is 22.7. The molecule has 1 heterocycles. The fraction of sp³-hybridized carbons (Fsp3) is 0.267. The zero-order valence-electron chi connectivity index (χ0n) is 13.1. The summed E-state index contributed by atoms with van der Waals surface area (Å²) < 4.78 is 1.54. The lowest BCUT2D eigenvalue weighted by Crippen LogP contribution is -2.04. The average molecular weight is 382 g/mol. The number of hydrogen-bond donors (Lipinski definition) is 0. The quantitative estimate of drug-likeness (QED) is 0.220. The number of benzene rings is 1. The summed E-state index contributed by atoms with van der Waals surface area (Å²) in [5.41, 5.74) is 1.88. The van der Waals surface area contributed by atoms with Gasteiger partial charge in [0.05, 0.1) is 10.7 Å². The number of carbonyl (C=O) groups is 1. The summed E-state index contributed by atoms with van der Waals surface area (Å²) in [6.45, 7) is 7.43. The van der Waals surface area contributed by atoms with Crippen LogP contribution in [0.3, 0.4) is 0 Å². The number of rotatable bonds is 8. The number of carbonyl (C=O) groups excluding carboxylic acids is 1. The van der Waals surface area contributed by atoms with Gasteiger partial charge in [0.25, 0.3) is 5.69 Å². The largest absolute Gasteiger partial charge is 0.293 e. The van der Waals surface area contributed by atoms with Crippen LogP contribution in [0.1, 0.15) is 22.8 Å². The SMILES string of the molecule is C=C(C)CSc1nnc(SCC(=O)c2ccc(C)c([N+](=O)[O-])c2)s1. The smallest absolute Gasteiger partial charge is 0.273 e. The van der Waals surface area contributed by atoms with Gasteiger partial charge in [-0.05, 0) is 13.8 Å². The Bertz CT molecular complexity index is 789. The molecular formula is C15H15N3O3S3. The molecule has 0 amide bonds. The van der Waals surface area contributed by atoms with Crippen molar-refractivity contribution in [3.8, 4) is 0 Å². The summed E-state index contributed by atoms with van der Waals surface area (Å²) in [6, 6.07) is 4.53. The van der Waals surface area contributed by atoms with Gasteiger partial charge in [0.1, 0.15) is 0 Å². The summed E-state index contributed by atoms with van der Waals surface area (Å²) in [5.74, 6) is 0.778. The molecule has 0 aliphatic heterocycles. The monoisotopic (exact) mass is 381 g/mol. The number of Topliss-reactive ketones (excluding diaryl/α,β-unsaturated/α-hetero) is 1. The second kappa shape index (κ2) is 8.41. The Kier molecular flexibility index (Phi) is 6.52. The van der Waals surface area contributed by atoms with E-state index in [-0.39, 0.29) is 17.2 Å². The average Bonchev–Trinajstić information content (AvgIpc) is 2.98. The van der Waals surface area contributed by atoms with Crippen LogP contribution in [0.2, 0.25) is 0 Å². The third kappa shape index (κ3) is 5.15. The molecule has 0 atom stereocenters. The first kappa shape index (κ1) is 18.6. The van der Waals surface area contributed by atoms with Gasteiger partial charge in [0.15, 0.2) is 14.5 Å². The van der Waals surface area contributed by atoms with E-state index in [1.54, 1.807) is 30.8 Å². The molecule has 1 aromatic carbocycles. The molecule has 0 spiro atoms. The van der Waals surface area contributed by atoms with Gasteiger partial charge in [-0.25, -0.2) is 0 Å². The van der Waals surface area contributed by atoms with E-state index < -0.39 is 4.92 Å². The van der Waals surface area contributed by atoms with Gasteiger partial charge < -0.3 is 0 Å². The van der Waals surface area contributed by atoms with Gasteiger partial charge in [-0.15, -0.1) is 10.2 Å². The Hall–Kier alpha value is -1.71. The van der Waals surface area contributed by atoms with Crippen molar-refractivity contribution in [3.05, 3.63) is 51.6 Å². The van der Waals surface area contributed by atoms with Crippen LogP contribution in [-0.2, 0) is 0 Å². The number of ketones is 1. The molecule has 0 N–H and O–H groups in total. The lowest BCUT2D eigenvalue weighted by atomic mass is 10.1. The van der Waals surface area contributed by atoms with E-state index in [9.17, 15) is 14.9 Å². The van der Waals surface area contributed by atoms with E-state index >= 15 is 0 Å². The predicted molar refractivity (Wildman–Crippen MR) is 98.3 cm³/mol. The number of aromatic nitrogens is 2. The Morgan fingerprint density at radius 1 is 1.29 bits per heavy atom. The minimum Gasteiger partial charge on any atom is -0.293 e. The van der Waals surface area contributed by atoms with E-state index in [4.69, 9.17) is 0 Å². The molecule has 0 bridgehead atoms. The maximum absolute atomic E-state index is 12.2. The summed E-state index contributed by atoms with van der Waals surface area (Å²) in [5, 5.41) is 19.0. The second-order valence-corrected chi connectivity index (χ2v) is 8.47. The minimum atomic E-state index is -0.477. The maximum atomic E-state index is 12.2. The highest BCUT2D eigenvalue weighted by Crippen LogP contribution is 2.30. The zero-order chi connectivity index (χ0) is 17.7. The Balaban J connectivity index is 1.97. The molecule has 2 rings (SSSR count). The third-order valence-electron chi connectivity index (χ3n) is 2.88. The molecule has 0 unspecified atom stereocenters. The summed E-state index contributed by atoms with van der Waals surface area (Å²) in [7, 11) is 0. The van der Waals surface area contributed by atoms with Gasteiger partial charge >= 0.3 is 0 Å². The van der Waals surface area contributed by atoms with Crippen LogP contribution in [0.4, 0.5) is 5.69 Å². The number of thioether (sulfide) groups is 2. The first-order chi connectivity index (χ1) is 11.4. The van der Waals surface area contributed by atoms with Gasteiger partial charge in [-0.3, -0.25) is 14.9 Å². The predicted octanol–water partition coefficient (Wildman–Crippen LogP) is 4.40. The van der Waals surface area contributed by atoms with Gasteiger partial charge in [0, 0.05) is 22.9 Å². The van der Waals surface area contributed by atoms with Gasteiger partial charge in [-0.1, -0.05) is 59.1 Å². The summed E-state index contributed by atoms with van der Waals surface area (Å²) >= 11 is 4.27. The Labute approximate surface area is 151 Å². The van der Waals surface area contributed by atoms with Crippen LogP contribution in [0, 0.1) is 17.0 Å². The fourth-order valence-electron chi connectivity index (χ4n) is 1.69. The molecule has 6 nitrogen and oxygen atoms in total. The molecule has 0 radical (unpaired) electrons. The topological polar surface area (TPSA) is 86.0 Å². The van der Waals surface area contributed by atoms with E-state index in [1.807, 2.05) is 6.92 Å². The van der Waals surface area contributed by atoms with Crippen molar-refractivity contribution in [1.29, 1.82) is 0 Å². The molecule has 0 saturated carbocycles. The Morgan fingerprint density at radius 3 is 2.50 bits per heavy atom. The van der Waals surface area contributed by atoms with Crippen LogP contribution in [0.5, 0.6) is 0 Å². The number of nitro benzene ring substituents is 1. The lowest BCUT2D eigenvalue weighted by molar-refractivity contribution is -0.385. The van der Waals surface area contributed by atoms with Crippen LogP contribution in [-0.4, -0.2) is 32.4 Å². The molecule has 2 aromatic rings. The molecule has 0 fully saturated rings. The molecule has 0 saturated heterocycles. The number of aryl methyl sites for hydroxylation is 1. The Morgan fingerprint density at radius 2 is 1.92 bits per heavy atom. The van der Waals surface area contributed by atoms with Crippen LogP contribution in [0.15, 0.2) is 39.0 Å². The van der Waals surface area contributed by atoms with E-state index in [1.165, 1.54) is 29.2 Å². The van der Waals surface area contributed by atoms with Crippen molar-refractivity contribution in [2.24, 2.45) is 0 Å². The third-order valence-corrected chi connectivity index (χ3v) is 6.31. The molecule has 24 heavy (non-hydrogen) atoms. The molecule has 126 valence electrons. The molecular weight excluding hydrogens is 366 g/mol. The number of nitrogens with zero attached hydrogens (tertiary/aromatic N) is 3. The van der Waals surface area contributed by atoms with E-state index in [0.717, 1.165) is 15.7 Å². The van der Waals surface area contributed by atoms with Crippen molar-refractivity contribution >= 4 is 46.3 Å². The van der Waals surface area contributed by atoms with Gasteiger partial charge in [-0.2, -0.15) is 0 Å². The highest BCUT2D eigenvalue weighted by atomic mass is 32.2. The van der Waals surface area contributed by atoms with Crippen LogP contribution < -0.4 is 0 Å². The molecule has 1 aromatic heterocycles. The molecule has 0 aliphatic carbocycles. The van der Waals surface area contributed by atoms with E-state index in [0.29, 0.717) is 15.5 Å². The maximum Gasteiger partial charge on any atom is 0.273 e. The van der Waals surface area contributed by atoms with Crippen molar-refractivity contribution < 1.29 is 9.72 Å². The first-order valence-corrected chi connectivity index (χ1v) is 9.67. The lowest BCUT2D eigenvalue weighted by Gasteiger charge is -2.01. The second-order valence-electron chi connectivity index (χ2n) is 5.05. The summed E-state index contributed by atoms with van der Waals surface area (Å²) in [6.07, 6.45) is 0. The standard InChI is InChI=1S/C15H15N3O3S3/c1-9(2)7-22-14-16-17-15(24-14)23-8-13(19)11-5-4-10(3)12(6-11)18(20)21/h4-6H,1,7-8H2,2-3H3. The molecule has 9 heteroatoms. The zero-order valence-corrected chi connectivity index (χ0v) is 15.6. The molecule has 0 aliphatic rings. The number of nitro groups is 1. The van der Waals surface area contributed by atoms with Gasteiger partial charge in [0.2, 0.25) is 0 Å². The fourth-order valence-corrected chi connectivity index (χ4v) is 4.45. The number of hydrogen-bond acceptors (Lipinski definition) is 8.